The highest BCUT2D eigenvalue weighted by atomic mass is 35.5. The number of benzene rings is 1. The largest absolute Gasteiger partial charge is 0.492 e. The van der Waals surface area contributed by atoms with Crippen molar-refractivity contribution < 1.29 is 18.8 Å². The summed E-state index contributed by atoms with van der Waals surface area (Å²) < 4.78 is 17.6. The van der Waals surface area contributed by atoms with Gasteiger partial charge in [-0.25, -0.2) is 4.79 Å². The maximum Gasteiger partial charge on any atom is 0.492 e. The average molecular weight is 409 g/mol. The average Bonchev–Trinajstić information content (AvgIpc) is 2.71. The van der Waals surface area contributed by atoms with E-state index in [9.17, 15) is 4.79 Å². The van der Waals surface area contributed by atoms with Crippen LogP contribution in [0.25, 0.3) is 6.08 Å². The van der Waals surface area contributed by atoms with Crippen molar-refractivity contribution in [3.8, 4) is 0 Å². The number of rotatable bonds is 4. The molecule has 3 N–H and O–H groups in total. The zero-order valence-corrected chi connectivity index (χ0v) is 18.4. The molecule has 0 aliphatic carbocycles. The first-order chi connectivity index (χ1) is 12.7. The molecule has 2 rings (SSSR count). The van der Waals surface area contributed by atoms with E-state index in [1.807, 2.05) is 60.6 Å². The number of hydrogen-bond acceptors (Lipinski definition) is 5. The second-order valence-corrected chi connectivity index (χ2v) is 9.37. The Morgan fingerprint density at radius 1 is 1.25 bits per heavy atom. The van der Waals surface area contributed by atoms with Crippen molar-refractivity contribution >= 4 is 36.6 Å². The smallest absolute Gasteiger partial charge is 0.444 e. The number of alkyl carbamates (subject to hydrolysis) is 1. The summed E-state index contributed by atoms with van der Waals surface area (Å²) in [5, 5.41) is 3.32. The van der Waals surface area contributed by atoms with Crippen molar-refractivity contribution in [3.05, 3.63) is 34.3 Å². The maximum atomic E-state index is 12.1. The Hall–Kier alpha value is -1.70. The third-order valence-corrected chi connectivity index (χ3v) is 5.02. The minimum Gasteiger partial charge on any atom is -0.444 e. The second-order valence-electron chi connectivity index (χ2n) is 8.94. The van der Waals surface area contributed by atoms with Gasteiger partial charge in [0.2, 0.25) is 0 Å². The minimum absolute atomic E-state index is 0.188. The van der Waals surface area contributed by atoms with Crippen LogP contribution in [0.2, 0.25) is 5.02 Å². The Bertz CT molecular complexity index is 756. The van der Waals surface area contributed by atoms with Crippen LogP contribution in [0.4, 0.5) is 10.5 Å². The molecule has 1 aromatic carbocycles. The summed E-state index contributed by atoms with van der Waals surface area (Å²) in [7, 11) is -0.630. The van der Waals surface area contributed by atoms with Gasteiger partial charge in [0.1, 0.15) is 5.60 Å². The van der Waals surface area contributed by atoms with Crippen LogP contribution in [-0.2, 0) is 14.0 Å². The van der Waals surface area contributed by atoms with Crippen LogP contribution in [0.3, 0.4) is 0 Å². The Morgan fingerprint density at radius 3 is 2.32 bits per heavy atom. The molecule has 1 aliphatic heterocycles. The molecule has 1 fully saturated rings. The molecule has 1 amide bonds. The summed E-state index contributed by atoms with van der Waals surface area (Å²) in [6.45, 7) is 13.5. The molecule has 0 atom stereocenters. The van der Waals surface area contributed by atoms with Crippen LogP contribution < -0.4 is 11.1 Å². The summed E-state index contributed by atoms with van der Waals surface area (Å²) >= 11 is 6.00. The van der Waals surface area contributed by atoms with Gasteiger partial charge in [0.25, 0.3) is 0 Å². The summed E-state index contributed by atoms with van der Waals surface area (Å²) in [5.74, 6) is 0. The number of amides is 1. The monoisotopic (exact) mass is 408 g/mol. The predicted octanol–water partition coefficient (Wildman–Crippen LogP) is 4.46. The Balaban J connectivity index is 2.28. The number of nitrogens with one attached hydrogen (secondary N) is 1. The van der Waals surface area contributed by atoms with Crippen LogP contribution >= 0.6 is 11.6 Å². The lowest BCUT2D eigenvalue weighted by Gasteiger charge is -2.32. The number of ether oxygens (including phenoxy) is 1. The molecule has 154 valence electrons. The van der Waals surface area contributed by atoms with Gasteiger partial charge in [-0.3, -0.25) is 0 Å². The number of hydrogen-bond donors (Lipinski definition) is 2. The molecule has 1 aliphatic rings. The van der Waals surface area contributed by atoms with E-state index in [2.05, 4.69) is 5.32 Å². The van der Waals surface area contributed by atoms with Gasteiger partial charge in [0.05, 0.1) is 11.2 Å². The van der Waals surface area contributed by atoms with Gasteiger partial charge < -0.3 is 25.1 Å². The summed E-state index contributed by atoms with van der Waals surface area (Å²) in [6.07, 6.45) is 1.34. The molecule has 1 saturated heterocycles. The first-order valence-corrected chi connectivity index (χ1v) is 9.66. The summed E-state index contributed by atoms with van der Waals surface area (Å²) in [5.41, 5.74) is 6.51. The van der Waals surface area contributed by atoms with Crippen molar-refractivity contribution in [3.63, 3.8) is 0 Å². The van der Waals surface area contributed by atoms with Crippen LogP contribution in [0.5, 0.6) is 0 Å². The Morgan fingerprint density at radius 2 is 1.82 bits per heavy atom. The van der Waals surface area contributed by atoms with E-state index in [1.54, 1.807) is 12.1 Å². The lowest BCUT2D eigenvalue weighted by atomic mass is 9.77. The number of nitrogens with two attached hydrogens (primary N) is 1. The number of halogens is 1. The van der Waals surface area contributed by atoms with Crippen molar-refractivity contribution in [1.82, 2.24) is 5.32 Å². The standard InChI is InChI=1S/C20H30BClN2O4/c1-18(2,3)26-17(25)24-12-14(10-13-8-9-15(22)11-16(13)23)21-27-19(4,5)20(6,7)28-21/h8-11H,12,23H2,1-7H3,(H,24,25). The molecular weight excluding hydrogens is 378 g/mol. The fourth-order valence-corrected chi connectivity index (χ4v) is 2.74. The molecule has 0 bridgehead atoms. The van der Waals surface area contributed by atoms with E-state index < -0.39 is 30.0 Å². The van der Waals surface area contributed by atoms with Gasteiger partial charge in [-0.15, -0.1) is 0 Å². The summed E-state index contributed by atoms with van der Waals surface area (Å²) in [4.78, 5) is 12.1. The molecule has 1 heterocycles. The van der Waals surface area contributed by atoms with E-state index in [1.165, 1.54) is 0 Å². The molecular formula is C20H30BClN2O4. The zero-order chi connectivity index (χ0) is 21.3. The topological polar surface area (TPSA) is 82.8 Å². The minimum atomic E-state index is -0.630. The van der Waals surface area contributed by atoms with Gasteiger partial charge in [0, 0.05) is 17.3 Å². The number of carbonyl (C=O) groups excluding carboxylic acids is 1. The molecule has 0 aromatic heterocycles. The fourth-order valence-electron chi connectivity index (χ4n) is 2.56. The Labute approximate surface area is 172 Å². The third kappa shape index (κ3) is 5.66. The zero-order valence-electron chi connectivity index (χ0n) is 17.7. The van der Waals surface area contributed by atoms with Crippen LogP contribution in [0.15, 0.2) is 23.7 Å². The fraction of sp³-hybridized carbons (Fsp3) is 0.550. The Kier molecular flexibility index (Phi) is 6.43. The molecule has 8 heteroatoms. The highest BCUT2D eigenvalue weighted by Crippen LogP contribution is 2.39. The molecule has 6 nitrogen and oxygen atoms in total. The summed E-state index contributed by atoms with van der Waals surface area (Å²) in [6, 6.07) is 5.25. The van der Waals surface area contributed by atoms with Crippen molar-refractivity contribution in [1.29, 1.82) is 0 Å². The van der Waals surface area contributed by atoms with Gasteiger partial charge >= 0.3 is 13.2 Å². The SMILES string of the molecule is CC(C)(C)OC(=O)NCC(=Cc1ccc(Cl)cc1N)B1OC(C)(C)C(C)(C)O1. The van der Waals surface area contributed by atoms with E-state index in [0.717, 1.165) is 11.0 Å². The van der Waals surface area contributed by atoms with E-state index in [4.69, 9.17) is 31.4 Å². The molecule has 0 spiro atoms. The first kappa shape index (κ1) is 22.6. The molecule has 0 saturated carbocycles. The maximum absolute atomic E-state index is 12.1. The number of carbonyl (C=O) groups is 1. The van der Waals surface area contributed by atoms with E-state index in [0.29, 0.717) is 10.7 Å². The highest BCUT2D eigenvalue weighted by Gasteiger charge is 2.52. The predicted molar refractivity (Wildman–Crippen MR) is 114 cm³/mol. The lowest BCUT2D eigenvalue weighted by molar-refractivity contribution is 0.00578. The lowest BCUT2D eigenvalue weighted by Crippen LogP contribution is -2.41. The van der Waals surface area contributed by atoms with Gasteiger partial charge in [-0.05, 0) is 71.6 Å². The second kappa shape index (κ2) is 7.97. The van der Waals surface area contributed by atoms with E-state index in [-0.39, 0.29) is 6.54 Å². The van der Waals surface area contributed by atoms with Gasteiger partial charge in [0.15, 0.2) is 0 Å². The van der Waals surface area contributed by atoms with Crippen molar-refractivity contribution in [2.75, 3.05) is 12.3 Å². The van der Waals surface area contributed by atoms with Gasteiger partial charge in [-0.1, -0.05) is 23.7 Å². The molecule has 0 radical (unpaired) electrons. The first-order valence-electron chi connectivity index (χ1n) is 9.28. The van der Waals surface area contributed by atoms with E-state index >= 15 is 0 Å². The third-order valence-electron chi connectivity index (χ3n) is 4.78. The molecule has 28 heavy (non-hydrogen) atoms. The number of nitrogen functional groups attached to an aromatic ring is 1. The quantitative estimate of drug-likeness (QED) is 0.567. The normalized spacial score (nSPS) is 18.9. The van der Waals surface area contributed by atoms with Crippen LogP contribution in [0, 0.1) is 0 Å². The highest BCUT2D eigenvalue weighted by molar-refractivity contribution is 6.56. The van der Waals surface area contributed by atoms with Crippen molar-refractivity contribution in [2.24, 2.45) is 0 Å². The molecule has 1 aromatic rings. The van der Waals surface area contributed by atoms with Gasteiger partial charge in [-0.2, -0.15) is 0 Å². The number of anilines is 1. The van der Waals surface area contributed by atoms with Crippen LogP contribution in [-0.4, -0.2) is 36.6 Å². The molecule has 0 unspecified atom stereocenters. The van der Waals surface area contributed by atoms with Crippen LogP contribution in [0.1, 0.15) is 54.0 Å². The van der Waals surface area contributed by atoms with Crippen molar-refractivity contribution in [2.45, 2.75) is 65.3 Å².